The first-order chi connectivity index (χ1) is 14.8. The van der Waals surface area contributed by atoms with E-state index in [2.05, 4.69) is 5.32 Å². The molecule has 0 atom stereocenters. The van der Waals surface area contributed by atoms with Crippen molar-refractivity contribution in [3.63, 3.8) is 0 Å². The fourth-order valence-corrected chi connectivity index (χ4v) is 4.53. The first-order valence-corrected chi connectivity index (χ1v) is 11.4. The Bertz CT molecular complexity index is 1140. The highest BCUT2D eigenvalue weighted by Gasteiger charge is 2.23. The van der Waals surface area contributed by atoms with Gasteiger partial charge in [0, 0.05) is 30.4 Å². The first-order valence-electron chi connectivity index (χ1n) is 9.94. The highest BCUT2D eigenvalue weighted by Crippen LogP contribution is 2.20. The number of benzene rings is 3. The molecular formula is C24H26N2O4S. The molecule has 0 heterocycles. The van der Waals surface area contributed by atoms with E-state index in [1.165, 1.54) is 4.31 Å². The number of anilines is 1. The molecule has 0 bridgehead atoms. The molecule has 0 aliphatic heterocycles. The van der Waals surface area contributed by atoms with E-state index in [1.54, 1.807) is 79.9 Å². The van der Waals surface area contributed by atoms with Crippen molar-refractivity contribution in [2.45, 2.75) is 25.3 Å². The van der Waals surface area contributed by atoms with E-state index in [4.69, 9.17) is 4.74 Å². The van der Waals surface area contributed by atoms with Crippen LogP contribution in [0.4, 0.5) is 5.69 Å². The second kappa shape index (κ2) is 9.76. The fourth-order valence-electron chi connectivity index (χ4n) is 3.10. The molecule has 0 fully saturated rings. The fraction of sp³-hybridized carbons (Fsp3) is 0.208. The number of amides is 1. The molecule has 0 saturated heterocycles. The Hall–Kier alpha value is -3.16. The third-order valence-corrected chi connectivity index (χ3v) is 6.85. The highest BCUT2D eigenvalue weighted by molar-refractivity contribution is 7.89. The number of sulfonamides is 1. The summed E-state index contributed by atoms with van der Waals surface area (Å²) in [7, 11) is -2.03. The maximum absolute atomic E-state index is 13.0. The Morgan fingerprint density at radius 1 is 1.00 bits per heavy atom. The predicted molar refractivity (Wildman–Crippen MR) is 122 cm³/mol. The summed E-state index contributed by atoms with van der Waals surface area (Å²) in [5.74, 6) is 0.405. The third-order valence-electron chi connectivity index (χ3n) is 4.91. The normalized spacial score (nSPS) is 11.4. The Morgan fingerprint density at radius 2 is 1.68 bits per heavy atom. The first kappa shape index (κ1) is 22.5. The topological polar surface area (TPSA) is 75.7 Å². The zero-order chi connectivity index (χ0) is 22.4. The van der Waals surface area contributed by atoms with Crippen molar-refractivity contribution >= 4 is 21.6 Å². The van der Waals surface area contributed by atoms with E-state index in [-0.39, 0.29) is 17.3 Å². The van der Waals surface area contributed by atoms with Gasteiger partial charge in [-0.25, -0.2) is 8.42 Å². The van der Waals surface area contributed by atoms with Gasteiger partial charge in [0.25, 0.3) is 5.91 Å². The van der Waals surface area contributed by atoms with Crippen LogP contribution in [-0.2, 0) is 16.6 Å². The third kappa shape index (κ3) is 5.51. The summed E-state index contributed by atoms with van der Waals surface area (Å²) >= 11 is 0. The molecule has 31 heavy (non-hydrogen) atoms. The van der Waals surface area contributed by atoms with Gasteiger partial charge in [-0.3, -0.25) is 4.79 Å². The zero-order valence-corrected chi connectivity index (χ0v) is 18.6. The van der Waals surface area contributed by atoms with Gasteiger partial charge in [-0.1, -0.05) is 42.8 Å². The average molecular weight is 439 g/mol. The molecule has 0 spiro atoms. The van der Waals surface area contributed by atoms with Crippen LogP contribution in [0.2, 0.25) is 0 Å². The molecule has 0 aromatic heterocycles. The van der Waals surface area contributed by atoms with E-state index in [9.17, 15) is 13.2 Å². The number of nitrogens with zero attached hydrogens (tertiary/aromatic N) is 1. The lowest BCUT2D eigenvalue weighted by molar-refractivity contribution is 0.102. The van der Waals surface area contributed by atoms with E-state index in [0.717, 1.165) is 11.1 Å². The van der Waals surface area contributed by atoms with Gasteiger partial charge in [0.05, 0.1) is 12.0 Å². The molecule has 1 N–H and O–H groups in total. The second-order valence-corrected chi connectivity index (χ2v) is 9.07. The minimum Gasteiger partial charge on any atom is -0.497 e. The smallest absolute Gasteiger partial charge is 0.255 e. The van der Waals surface area contributed by atoms with E-state index in [0.29, 0.717) is 23.5 Å². The lowest BCUT2D eigenvalue weighted by Crippen LogP contribution is -2.30. The van der Waals surface area contributed by atoms with Crippen LogP contribution in [0, 0.1) is 6.92 Å². The molecule has 1 amide bonds. The molecule has 6 nitrogen and oxygen atoms in total. The van der Waals surface area contributed by atoms with Crippen LogP contribution in [-0.4, -0.2) is 32.3 Å². The summed E-state index contributed by atoms with van der Waals surface area (Å²) in [6.07, 6.45) is 0. The monoisotopic (exact) mass is 438 g/mol. The van der Waals surface area contributed by atoms with Crippen LogP contribution in [0.1, 0.15) is 28.4 Å². The van der Waals surface area contributed by atoms with Crippen LogP contribution >= 0.6 is 0 Å². The highest BCUT2D eigenvalue weighted by atomic mass is 32.2. The second-order valence-electron chi connectivity index (χ2n) is 7.13. The summed E-state index contributed by atoms with van der Waals surface area (Å²) in [6.45, 7) is 4.29. The van der Waals surface area contributed by atoms with Crippen molar-refractivity contribution in [1.82, 2.24) is 4.31 Å². The SMILES string of the molecule is CCN(Cc1ccc(C(=O)Nc2cccc(OC)c2)cc1)S(=O)(=O)c1ccc(C)cc1. The zero-order valence-electron chi connectivity index (χ0n) is 17.8. The number of ether oxygens (including phenoxy) is 1. The van der Waals surface area contributed by atoms with Crippen molar-refractivity contribution in [1.29, 1.82) is 0 Å². The molecule has 0 aliphatic carbocycles. The molecule has 3 aromatic carbocycles. The summed E-state index contributed by atoms with van der Waals surface area (Å²) < 4.78 is 32.5. The standard InChI is InChI=1S/C24H26N2O4S/c1-4-26(31(28,29)23-14-8-18(2)9-15-23)17-19-10-12-20(13-11-19)24(27)25-21-6-5-7-22(16-21)30-3/h5-16H,4,17H2,1-3H3,(H,25,27). The average Bonchev–Trinajstić information content (AvgIpc) is 2.78. The molecule has 0 aliphatic rings. The van der Waals surface area contributed by atoms with E-state index in [1.807, 2.05) is 13.8 Å². The van der Waals surface area contributed by atoms with Gasteiger partial charge < -0.3 is 10.1 Å². The van der Waals surface area contributed by atoms with Crippen molar-refractivity contribution in [2.75, 3.05) is 19.0 Å². The number of carbonyl (C=O) groups excluding carboxylic acids is 1. The Balaban J connectivity index is 1.71. The quantitative estimate of drug-likeness (QED) is 0.563. The van der Waals surface area contributed by atoms with Crippen molar-refractivity contribution in [2.24, 2.45) is 0 Å². The molecule has 0 radical (unpaired) electrons. The molecule has 0 unspecified atom stereocenters. The minimum absolute atomic E-state index is 0.227. The molecule has 3 aromatic rings. The summed E-state index contributed by atoms with van der Waals surface area (Å²) in [6, 6.07) is 20.9. The van der Waals surface area contributed by atoms with Crippen LogP contribution in [0.3, 0.4) is 0 Å². The Labute approximate surface area is 183 Å². The number of carbonyl (C=O) groups is 1. The van der Waals surface area contributed by atoms with Gasteiger partial charge in [0.15, 0.2) is 0 Å². The van der Waals surface area contributed by atoms with Gasteiger partial charge in [-0.05, 0) is 48.9 Å². The van der Waals surface area contributed by atoms with E-state index < -0.39 is 10.0 Å². The Morgan fingerprint density at radius 3 is 2.29 bits per heavy atom. The molecular weight excluding hydrogens is 412 g/mol. The van der Waals surface area contributed by atoms with Gasteiger partial charge in [-0.2, -0.15) is 4.31 Å². The molecule has 162 valence electrons. The van der Waals surface area contributed by atoms with Gasteiger partial charge >= 0.3 is 0 Å². The lowest BCUT2D eigenvalue weighted by Gasteiger charge is -2.21. The van der Waals surface area contributed by atoms with Crippen molar-refractivity contribution < 1.29 is 17.9 Å². The summed E-state index contributed by atoms with van der Waals surface area (Å²) in [5.41, 5.74) is 2.92. The predicted octanol–water partition coefficient (Wildman–Crippen LogP) is 4.47. The van der Waals surface area contributed by atoms with Crippen LogP contribution in [0.25, 0.3) is 0 Å². The number of nitrogens with one attached hydrogen (secondary N) is 1. The largest absolute Gasteiger partial charge is 0.497 e. The van der Waals surface area contributed by atoms with Crippen LogP contribution in [0.5, 0.6) is 5.75 Å². The molecule has 0 saturated carbocycles. The number of hydrogen-bond donors (Lipinski definition) is 1. The van der Waals surface area contributed by atoms with Crippen molar-refractivity contribution in [3.8, 4) is 5.75 Å². The molecule has 3 rings (SSSR count). The van der Waals surface area contributed by atoms with Crippen molar-refractivity contribution in [3.05, 3.63) is 89.5 Å². The number of rotatable bonds is 8. The number of hydrogen-bond acceptors (Lipinski definition) is 4. The van der Waals surface area contributed by atoms with Gasteiger partial charge in [0.1, 0.15) is 5.75 Å². The van der Waals surface area contributed by atoms with Crippen LogP contribution < -0.4 is 10.1 Å². The maximum Gasteiger partial charge on any atom is 0.255 e. The maximum atomic E-state index is 13.0. The molecule has 7 heteroatoms. The summed E-state index contributed by atoms with van der Waals surface area (Å²) in [5, 5.41) is 2.83. The van der Waals surface area contributed by atoms with Gasteiger partial charge in [-0.15, -0.1) is 0 Å². The Kier molecular flexibility index (Phi) is 7.09. The number of aryl methyl sites for hydroxylation is 1. The van der Waals surface area contributed by atoms with Gasteiger partial charge in [0.2, 0.25) is 10.0 Å². The van der Waals surface area contributed by atoms with E-state index >= 15 is 0 Å². The number of methoxy groups -OCH3 is 1. The summed E-state index contributed by atoms with van der Waals surface area (Å²) in [4.78, 5) is 12.8. The minimum atomic E-state index is -3.60. The van der Waals surface area contributed by atoms with Crippen LogP contribution in [0.15, 0.2) is 77.7 Å². The lowest BCUT2D eigenvalue weighted by atomic mass is 10.1.